The number of carbonyl (C=O) groups is 2. The van der Waals surface area contributed by atoms with E-state index >= 15 is 0 Å². The predicted octanol–water partition coefficient (Wildman–Crippen LogP) is 2.70. The second-order valence-corrected chi connectivity index (χ2v) is 4.37. The molecule has 0 saturated carbocycles. The van der Waals surface area contributed by atoms with E-state index in [9.17, 15) is 9.59 Å². The topological polar surface area (TPSA) is 69.4 Å². The van der Waals surface area contributed by atoms with E-state index in [4.69, 9.17) is 10.5 Å². The van der Waals surface area contributed by atoms with Crippen LogP contribution >= 0.6 is 0 Å². The Morgan fingerprint density at radius 3 is 2.10 bits per heavy atom. The number of carbonyl (C=O) groups excluding carboxylic acids is 2. The summed E-state index contributed by atoms with van der Waals surface area (Å²) >= 11 is 0. The first-order valence-electron chi connectivity index (χ1n) is 6.24. The molecule has 2 aromatic rings. The summed E-state index contributed by atoms with van der Waals surface area (Å²) in [6, 6.07) is 15.7. The smallest absolute Gasteiger partial charge is 0.339 e. The quantitative estimate of drug-likeness (QED) is 0.867. The molecular weight excluding hydrogens is 254 g/mol. The van der Waals surface area contributed by atoms with Crippen LogP contribution in [0.1, 0.15) is 39.3 Å². The Kier molecular flexibility index (Phi) is 4.15. The van der Waals surface area contributed by atoms with Crippen LogP contribution in [-0.2, 0) is 4.74 Å². The zero-order valence-electron chi connectivity index (χ0n) is 11.1. The number of primary amides is 1. The molecule has 0 aromatic heterocycles. The molecule has 4 nitrogen and oxygen atoms in total. The lowest BCUT2D eigenvalue weighted by Crippen LogP contribution is -2.18. The molecule has 0 aliphatic rings. The Morgan fingerprint density at radius 2 is 1.50 bits per heavy atom. The van der Waals surface area contributed by atoms with Crippen LogP contribution < -0.4 is 5.73 Å². The minimum Gasteiger partial charge on any atom is -0.454 e. The van der Waals surface area contributed by atoms with Gasteiger partial charge >= 0.3 is 5.97 Å². The van der Waals surface area contributed by atoms with Gasteiger partial charge in [0.25, 0.3) is 0 Å². The fraction of sp³-hybridized carbons (Fsp3) is 0.125. The van der Waals surface area contributed by atoms with E-state index in [1.807, 2.05) is 30.3 Å². The number of rotatable bonds is 4. The molecule has 2 aromatic carbocycles. The van der Waals surface area contributed by atoms with Gasteiger partial charge in [-0.3, -0.25) is 4.79 Å². The number of hydrogen-bond acceptors (Lipinski definition) is 3. The first-order valence-corrected chi connectivity index (χ1v) is 6.24. The van der Waals surface area contributed by atoms with Crippen molar-refractivity contribution in [3.8, 4) is 0 Å². The Labute approximate surface area is 117 Å². The Hall–Kier alpha value is -2.62. The van der Waals surface area contributed by atoms with Crippen molar-refractivity contribution in [3.63, 3.8) is 0 Å². The maximum Gasteiger partial charge on any atom is 0.339 e. The fourth-order valence-corrected chi connectivity index (χ4v) is 1.89. The van der Waals surface area contributed by atoms with Gasteiger partial charge in [-0.15, -0.1) is 0 Å². The third-order valence-electron chi connectivity index (χ3n) is 2.97. The Bertz CT molecular complexity index is 623. The summed E-state index contributed by atoms with van der Waals surface area (Å²) in [7, 11) is 0. The molecule has 0 saturated heterocycles. The van der Waals surface area contributed by atoms with Gasteiger partial charge in [0, 0.05) is 0 Å². The lowest BCUT2D eigenvalue weighted by Gasteiger charge is -2.14. The predicted molar refractivity (Wildman–Crippen MR) is 75.2 cm³/mol. The van der Waals surface area contributed by atoms with Crippen molar-refractivity contribution in [2.75, 3.05) is 0 Å². The number of nitrogens with two attached hydrogens (primary N) is 1. The second-order valence-electron chi connectivity index (χ2n) is 4.37. The average Bonchev–Trinajstić information content (AvgIpc) is 2.48. The number of ether oxygens (including phenoxy) is 1. The summed E-state index contributed by atoms with van der Waals surface area (Å²) in [6.45, 7) is 1.78. The molecule has 20 heavy (non-hydrogen) atoms. The van der Waals surface area contributed by atoms with Crippen LogP contribution in [0.2, 0.25) is 0 Å². The van der Waals surface area contributed by atoms with E-state index in [1.54, 1.807) is 19.1 Å². The van der Waals surface area contributed by atoms with Gasteiger partial charge in [-0.2, -0.15) is 0 Å². The van der Waals surface area contributed by atoms with Gasteiger partial charge in [0.15, 0.2) is 0 Å². The van der Waals surface area contributed by atoms with Gasteiger partial charge < -0.3 is 10.5 Å². The van der Waals surface area contributed by atoms with Crippen LogP contribution in [0.25, 0.3) is 0 Å². The summed E-state index contributed by atoms with van der Waals surface area (Å²) < 4.78 is 5.37. The number of amides is 1. The number of esters is 1. The highest BCUT2D eigenvalue weighted by atomic mass is 16.5. The molecule has 2 N–H and O–H groups in total. The van der Waals surface area contributed by atoms with Gasteiger partial charge in [0.2, 0.25) is 5.91 Å². The van der Waals surface area contributed by atoms with Gasteiger partial charge in [0.1, 0.15) is 6.10 Å². The van der Waals surface area contributed by atoms with E-state index < -0.39 is 18.0 Å². The van der Waals surface area contributed by atoms with E-state index in [-0.39, 0.29) is 11.1 Å². The SMILES string of the molecule is C[C@H](OC(=O)c1ccccc1C(N)=O)c1ccccc1. The molecule has 0 aliphatic heterocycles. The van der Waals surface area contributed by atoms with Crippen LogP contribution in [0.3, 0.4) is 0 Å². The lowest BCUT2D eigenvalue weighted by atomic mass is 10.1. The molecule has 1 atom stereocenters. The molecule has 102 valence electrons. The highest BCUT2D eigenvalue weighted by Gasteiger charge is 2.18. The first-order chi connectivity index (χ1) is 9.59. The summed E-state index contributed by atoms with van der Waals surface area (Å²) in [5, 5.41) is 0. The average molecular weight is 269 g/mol. The highest BCUT2D eigenvalue weighted by Crippen LogP contribution is 2.19. The monoisotopic (exact) mass is 269 g/mol. The molecule has 0 aliphatic carbocycles. The van der Waals surface area contributed by atoms with Crippen molar-refractivity contribution in [1.82, 2.24) is 0 Å². The third kappa shape index (κ3) is 3.03. The molecule has 0 unspecified atom stereocenters. The fourth-order valence-electron chi connectivity index (χ4n) is 1.89. The highest BCUT2D eigenvalue weighted by molar-refractivity contribution is 6.04. The maximum atomic E-state index is 12.1. The molecule has 0 fully saturated rings. The van der Waals surface area contributed by atoms with Crippen LogP contribution in [0.5, 0.6) is 0 Å². The maximum absolute atomic E-state index is 12.1. The molecule has 1 amide bonds. The summed E-state index contributed by atoms with van der Waals surface area (Å²) in [4.78, 5) is 23.4. The zero-order valence-corrected chi connectivity index (χ0v) is 11.1. The normalized spacial score (nSPS) is 11.7. The first kappa shape index (κ1) is 13.8. The zero-order chi connectivity index (χ0) is 14.5. The minimum atomic E-state index is -0.648. The van der Waals surface area contributed by atoms with Crippen LogP contribution in [0, 0.1) is 0 Å². The molecular formula is C16H15NO3. The van der Waals surface area contributed by atoms with Crippen molar-refractivity contribution in [2.24, 2.45) is 5.73 Å². The lowest BCUT2D eigenvalue weighted by molar-refractivity contribution is 0.0335. The van der Waals surface area contributed by atoms with Gasteiger partial charge in [-0.1, -0.05) is 42.5 Å². The molecule has 0 radical (unpaired) electrons. The molecule has 0 spiro atoms. The van der Waals surface area contributed by atoms with Crippen LogP contribution in [0.4, 0.5) is 0 Å². The van der Waals surface area contributed by atoms with Crippen molar-refractivity contribution < 1.29 is 14.3 Å². The van der Waals surface area contributed by atoms with Gasteiger partial charge in [-0.25, -0.2) is 4.79 Å². The summed E-state index contributed by atoms with van der Waals surface area (Å²) in [6.07, 6.45) is -0.398. The molecule has 0 heterocycles. The van der Waals surface area contributed by atoms with Gasteiger partial charge in [0.05, 0.1) is 11.1 Å². The van der Waals surface area contributed by atoms with Gasteiger partial charge in [-0.05, 0) is 24.6 Å². The molecule has 2 rings (SSSR count). The van der Waals surface area contributed by atoms with E-state index in [1.165, 1.54) is 12.1 Å². The van der Waals surface area contributed by atoms with E-state index in [0.717, 1.165) is 5.56 Å². The van der Waals surface area contributed by atoms with E-state index in [0.29, 0.717) is 0 Å². The second kappa shape index (κ2) is 6.02. The Morgan fingerprint density at radius 1 is 0.950 bits per heavy atom. The van der Waals surface area contributed by atoms with Crippen molar-refractivity contribution in [3.05, 3.63) is 71.3 Å². The minimum absolute atomic E-state index is 0.165. The number of hydrogen-bond donors (Lipinski definition) is 1. The largest absolute Gasteiger partial charge is 0.454 e. The van der Waals surface area contributed by atoms with Crippen molar-refractivity contribution in [1.29, 1.82) is 0 Å². The molecule has 4 heteroatoms. The molecule has 0 bridgehead atoms. The van der Waals surface area contributed by atoms with Crippen LogP contribution in [0.15, 0.2) is 54.6 Å². The van der Waals surface area contributed by atoms with Crippen LogP contribution in [-0.4, -0.2) is 11.9 Å². The van der Waals surface area contributed by atoms with Crippen molar-refractivity contribution in [2.45, 2.75) is 13.0 Å². The summed E-state index contributed by atoms with van der Waals surface area (Å²) in [5.74, 6) is -1.21. The standard InChI is InChI=1S/C16H15NO3/c1-11(12-7-3-2-4-8-12)20-16(19)14-10-6-5-9-13(14)15(17)18/h2-11H,1H3,(H2,17,18)/t11-/m0/s1. The number of benzene rings is 2. The third-order valence-corrected chi connectivity index (χ3v) is 2.97. The van der Waals surface area contributed by atoms with E-state index in [2.05, 4.69) is 0 Å². The summed E-state index contributed by atoms with van der Waals surface area (Å²) in [5.41, 5.74) is 6.48. The Balaban J connectivity index is 2.19. The van der Waals surface area contributed by atoms with Crippen molar-refractivity contribution >= 4 is 11.9 Å².